The maximum atomic E-state index is 12.9. The largest absolute Gasteiger partial charge is 0.491 e. The van der Waals surface area contributed by atoms with Crippen LogP contribution in [-0.4, -0.2) is 71.4 Å². The van der Waals surface area contributed by atoms with Gasteiger partial charge < -0.3 is 29.9 Å². The molecule has 2 atom stereocenters. The van der Waals surface area contributed by atoms with Crippen molar-refractivity contribution in [1.29, 1.82) is 0 Å². The Labute approximate surface area is 245 Å². The highest BCUT2D eigenvalue weighted by Crippen LogP contribution is 2.43. The van der Waals surface area contributed by atoms with Crippen molar-refractivity contribution in [1.82, 2.24) is 10.2 Å². The second-order valence-corrected chi connectivity index (χ2v) is 9.52. The predicted octanol–water partition coefficient (Wildman–Crippen LogP) is 3.95. The van der Waals surface area contributed by atoms with Crippen LogP contribution in [0.25, 0.3) is 0 Å². The summed E-state index contributed by atoms with van der Waals surface area (Å²) in [5, 5.41) is 35.0. The molecule has 0 aromatic heterocycles. The van der Waals surface area contributed by atoms with E-state index in [1.54, 1.807) is 24.8 Å². The molecule has 11 nitrogen and oxygen atoms in total. The van der Waals surface area contributed by atoms with E-state index in [2.05, 4.69) is 5.32 Å². The van der Waals surface area contributed by atoms with Crippen molar-refractivity contribution < 1.29 is 34.2 Å². The monoisotopic (exact) mass is 589 g/mol. The Morgan fingerprint density at radius 1 is 1.10 bits per heavy atom. The molecule has 0 saturated heterocycles. The summed E-state index contributed by atoms with van der Waals surface area (Å²) < 4.78 is 10.7. The number of aliphatic hydroxyl groups excluding tert-OH is 1. The highest BCUT2D eigenvalue weighted by Gasteiger charge is 2.40. The van der Waals surface area contributed by atoms with Gasteiger partial charge in [-0.2, -0.15) is 0 Å². The van der Waals surface area contributed by atoms with E-state index in [1.807, 2.05) is 31.2 Å². The van der Waals surface area contributed by atoms with Gasteiger partial charge in [-0.3, -0.25) is 10.1 Å². The van der Waals surface area contributed by atoms with Crippen molar-refractivity contribution in [3.8, 4) is 5.75 Å². The SMILES string of the molecule is COC(=O)C1=C(C)N(CCCNCC(O)COc2ccccc2C)C(C)=C(C(=O)O)C1c1cccc([N+](=O)[O-])c1.Cl. The highest BCUT2D eigenvalue weighted by atomic mass is 35.5. The summed E-state index contributed by atoms with van der Waals surface area (Å²) in [5.41, 5.74) is 2.09. The van der Waals surface area contributed by atoms with Gasteiger partial charge in [0.2, 0.25) is 0 Å². The summed E-state index contributed by atoms with van der Waals surface area (Å²) in [6, 6.07) is 13.2. The molecule has 0 radical (unpaired) electrons. The van der Waals surface area contributed by atoms with Gasteiger partial charge in [-0.25, -0.2) is 9.59 Å². The molecule has 222 valence electrons. The van der Waals surface area contributed by atoms with Crippen molar-refractivity contribution in [2.75, 3.05) is 33.4 Å². The van der Waals surface area contributed by atoms with Crippen LogP contribution in [-0.2, 0) is 14.3 Å². The number of nitro groups is 1. The molecule has 0 saturated carbocycles. The topological polar surface area (TPSA) is 151 Å². The van der Waals surface area contributed by atoms with Gasteiger partial charge in [0.1, 0.15) is 18.5 Å². The number of carbonyl (C=O) groups excluding carboxylic acids is 1. The van der Waals surface area contributed by atoms with Crippen LogP contribution in [0.15, 0.2) is 71.1 Å². The number of nitrogens with one attached hydrogen (secondary N) is 1. The van der Waals surface area contributed by atoms with E-state index in [9.17, 15) is 29.9 Å². The summed E-state index contributed by atoms with van der Waals surface area (Å²) in [5.74, 6) is -2.26. The lowest BCUT2D eigenvalue weighted by Gasteiger charge is -2.37. The van der Waals surface area contributed by atoms with E-state index in [-0.39, 0.29) is 35.8 Å². The molecule has 41 heavy (non-hydrogen) atoms. The summed E-state index contributed by atoms with van der Waals surface area (Å²) in [6.07, 6.45) is -0.152. The fourth-order valence-corrected chi connectivity index (χ4v) is 4.84. The number of nitrogens with zero attached hydrogens (tertiary/aromatic N) is 2. The van der Waals surface area contributed by atoms with Crippen LogP contribution in [0.5, 0.6) is 5.75 Å². The lowest BCUT2D eigenvalue weighted by Crippen LogP contribution is -2.37. The first kappa shape index (κ1) is 33.3. The smallest absolute Gasteiger partial charge is 0.336 e. The third-order valence-electron chi connectivity index (χ3n) is 6.86. The highest BCUT2D eigenvalue weighted by molar-refractivity contribution is 5.99. The number of aryl methyl sites for hydroxylation is 1. The molecule has 2 unspecified atom stereocenters. The van der Waals surface area contributed by atoms with Crippen LogP contribution in [0.3, 0.4) is 0 Å². The van der Waals surface area contributed by atoms with E-state index >= 15 is 0 Å². The van der Waals surface area contributed by atoms with Crippen molar-refractivity contribution in [2.24, 2.45) is 0 Å². The number of carboxylic acids is 1. The molecule has 3 rings (SSSR count). The molecule has 2 aromatic carbocycles. The number of aliphatic carboxylic acids is 1. The van der Waals surface area contributed by atoms with Crippen molar-refractivity contribution in [2.45, 2.75) is 39.2 Å². The van der Waals surface area contributed by atoms with Gasteiger partial charge in [-0.05, 0) is 50.9 Å². The summed E-state index contributed by atoms with van der Waals surface area (Å²) in [4.78, 5) is 38.0. The number of hydrogen-bond donors (Lipinski definition) is 3. The second-order valence-electron chi connectivity index (χ2n) is 9.52. The lowest BCUT2D eigenvalue weighted by molar-refractivity contribution is -0.384. The molecule has 1 aliphatic rings. The minimum atomic E-state index is -1.23. The van der Waals surface area contributed by atoms with E-state index in [0.29, 0.717) is 43.0 Å². The molecule has 1 aliphatic heterocycles. The molecule has 1 heterocycles. The molecular formula is C29H36ClN3O8. The Morgan fingerprint density at radius 2 is 1.78 bits per heavy atom. The van der Waals surface area contributed by atoms with Crippen LogP contribution in [0, 0.1) is 17.0 Å². The number of rotatable bonds is 13. The number of carboxylic acid groups (broad SMARTS) is 1. The van der Waals surface area contributed by atoms with Gasteiger partial charge in [0, 0.05) is 36.6 Å². The van der Waals surface area contributed by atoms with E-state index in [0.717, 1.165) is 11.3 Å². The van der Waals surface area contributed by atoms with E-state index in [1.165, 1.54) is 25.3 Å². The number of halogens is 1. The normalized spacial score (nSPS) is 15.7. The average Bonchev–Trinajstić information content (AvgIpc) is 2.93. The quantitative estimate of drug-likeness (QED) is 0.135. The van der Waals surface area contributed by atoms with E-state index in [4.69, 9.17) is 9.47 Å². The van der Waals surface area contributed by atoms with Gasteiger partial charge in [-0.15, -0.1) is 12.4 Å². The summed E-state index contributed by atoms with van der Waals surface area (Å²) in [6.45, 7) is 6.64. The number of allylic oxidation sites excluding steroid dienone is 2. The number of esters is 1. The van der Waals surface area contributed by atoms with Gasteiger partial charge in [-0.1, -0.05) is 30.3 Å². The minimum Gasteiger partial charge on any atom is -0.491 e. The van der Waals surface area contributed by atoms with Crippen molar-refractivity contribution >= 4 is 30.0 Å². The Balaban J connectivity index is 0.00000588. The Morgan fingerprint density at radius 3 is 2.41 bits per heavy atom. The maximum absolute atomic E-state index is 12.9. The van der Waals surface area contributed by atoms with Crippen molar-refractivity contribution in [3.63, 3.8) is 0 Å². The molecule has 12 heteroatoms. The van der Waals surface area contributed by atoms with Gasteiger partial charge >= 0.3 is 11.9 Å². The number of nitro benzene ring substituents is 1. The molecular weight excluding hydrogens is 554 g/mol. The molecule has 0 bridgehead atoms. The molecule has 0 fully saturated rings. The number of methoxy groups -OCH3 is 1. The Bertz CT molecular complexity index is 1330. The fraction of sp³-hybridized carbons (Fsp3) is 0.379. The third-order valence-corrected chi connectivity index (χ3v) is 6.86. The number of non-ortho nitro benzene ring substituents is 1. The average molecular weight is 590 g/mol. The number of carbonyl (C=O) groups is 2. The zero-order valence-corrected chi connectivity index (χ0v) is 24.3. The molecule has 0 spiro atoms. The number of aliphatic hydroxyl groups is 1. The molecule has 0 aliphatic carbocycles. The first-order valence-electron chi connectivity index (χ1n) is 12.9. The Hall–Kier alpha value is -3.93. The molecule has 2 aromatic rings. The molecule has 0 amide bonds. The summed E-state index contributed by atoms with van der Waals surface area (Å²) in [7, 11) is 1.21. The van der Waals surface area contributed by atoms with Crippen molar-refractivity contribution in [3.05, 3.63) is 92.3 Å². The Kier molecular flexibility index (Phi) is 12.3. The van der Waals surface area contributed by atoms with Crippen LogP contribution in [0.2, 0.25) is 0 Å². The number of benzene rings is 2. The van der Waals surface area contributed by atoms with Crippen LogP contribution in [0.1, 0.15) is 37.3 Å². The van der Waals surface area contributed by atoms with Gasteiger partial charge in [0.15, 0.2) is 0 Å². The zero-order valence-electron chi connectivity index (χ0n) is 23.5. The van der Waals surface area contributed by atoms with Crippen LogP contribution >= 0.6 is 12.4 Å². The first-order chi connectivity index (χ1) is 19.1. The van der Waals surface area contributed by atoms with Crippen LogP contribution < -0.4 is 10.1 Å². The standard InChI is InChI=1S/C29H35N3O8.ClH/c1-18-9-5-6-12-24(18)40-17-23(33)16-30-13-8-14-31-19(2)25(28(34)35)27(26(20(31)3)29(36)39-4)21-10-7-11-22(15-21)32(37)38;/h5-7,9-12,15,23,27,30,33H,8,13-14,16-17H2,1-4H3,(H,34,35);1H. The van der Waals surface area contributed by atoms with Gasteiger partial charge in [0.05, 0.1) is 29.1 Å². The predicted molar refractivity (Wildman–Crippen MR) is 155 cm³/mol. The maximum Gasteiger partial charge on any atom is 0.336 e. The number of para-hydroxylation sites is 1. The third kappa shape index (κ3) is 8.06. The second kappa shape index (κ2) is 15.2. The lowest BCUT2D eigenvalue weighted by atomic mass is 9.79. The van der Waals surface area contributed by atoms with E-state index < -0.39 is 28.9 Å². The number of hydrogen-bond acceptors (Lipinski definition) is 9. The molecule has 3 N–H and O–H groups in total. The number of ether oxygens (including phenoxy) is 2. The van der Waals surface area contributed by atoms with Gasteiger partial charge in [0.25, 0.3) is 5.69 Å². The summed E-state index contributed by atoms with van der Waals surface area (Å²) >= 11 is 0. The zero-order chi connectivity index (χ0) is 29.4. The minimum absolute atomic E-state index is 0. The van der Waals surface area contributed by atoms with Crippen LogP contribution in [0.4, 0.5) is 5.69 Å². The fourth-order valence-electron chi connectivity index (χ4n) is 4.84. The first-order valence-corrected chi connectivity index (χ1v) is 12.9.